The molecule has 0 aromatic heterocycles. The Morgan fingerprint density at radius 3 is 2.58 bits per heavy atom. The van der Waals surface area contributed by atoms with Crippen molar-refractivity contribution in [2.45, 2.75) is 19.8 Å². The molecule has 0 bridgehead atoms. The first-order valence-electron chi connectivity index (χ1n) is 7.87. The zero-order chi connectivity index (χ0) is 17.1. The summed E-state index contributed by atoms with van der Waals surface area (Å²) in [6.45, 7) is 2.71. The Balaban J connectivity index is 1.63. The quantitative estimate of drug-likeness (QED) is 0.724. The van der Waals surface area contributed by atoms with E-state index in [0.29, 0.717) is 17.7 Å². The van der Waals surface area contributed by atoms with Gasteiger partial charge in [-0.2, -0.15) is 0 Å². The molecule has 1 saturated heterocycles. The lowest BCUT2D eigenvalue weighted by molar-refractivity contribution is -0.117. The van der Waals surface area contributed by atoms with Crippen molar-refractivity contribution in [3.05, 3.63) is 58.1 Å². The number of Topliss-reactive ketones (excluding diaryl/α,β-unsaturated/α-hetero) is 1. The number of ether oxygens (including phenoxy) is 1. The largest absolute Gasteiger partial charge is 0.484 e. The molecule has 4 nitrogen and oxygen atoms in total. The smallest absolute Gasteiger partial charge is 0.227 e. The van der Waals surface area contributed by atoms with Crippen LogP contribution in [-0.4, -0.2) is 24.8 Å². The van der Waals surface area contributed by atoms with Crippen LogP contribution >= 0.6 is 15.9 Å². The summed E-state index contributed by atoms with van der Waals surface area (Å²) < 4.78 is 6.43. The third kappa shape index (κ3) is 3.67. The molecule has 0 N–H and O–H groups in total. The Morgan fingerprint density at radius 2 is 1.96 bits per heavy atom. The van der Waals surface area contributed by atoms with Gasteiger partial charge in [0.25, 0.3) is 0 Å². The van der Waals surface area contributed by atoms with Gasteiger partial charge >= 0.3 is 0 Å². The van der Waals surface area contributed by atoms with Crippen molar-refractivity contribution in [1.29, 1.82) is 0 Å². The van der Waals surface area contributed by atoms with Gasteiger partial charge in [0, 0.05) is 24.2 Å². The van der Waals surface area contributed by atoms with E-state index in [2.05, 4.69) is 15.9 Å². The van der Waals surface area contributed by atoms with E-state index in [4.69, 9.17) is 4.74 Å². The molecule has 1 fully saturated rings. The molecule has 0 radical (unpaired) electrons. The summed E-state index contributed by atoms with van der Waals surface area (Å²) in [6.07, 6.45) is 1.48. The van der Waals surface area contributed by atoms with Gasteiger partial charge < -0.3 is 9.64 Å². The number of carbonyl (C=O) groups excluding carboxylic acids is 2. The molecule has 2 aromatic carbocycles. The second kappa shape index (κ2) is 7.18. The molecule has 0 unspecified atom stereocenters. The highest BCUT2D eigenvalue weighted by Gasteiger charge is 2.21. The molecule has 0 atom stereocenters. The average Bonchev–Trinajstić information content (AvgIpc) is 3.00. The maximum atomic E-state index is 12.3. The SMILES string of the molecule is Cc1ccc(OCC(=O)c2ccc(N3CCCC3=O)cc2)c(Br)c1. The average molecular weight is 388 g/mol. The van der Waals surface area contributed by atoms with E-state index < -0.39 is 0 Å². The van der Waals surface area contributed by atoms with Gasteiger partial charge in [0.2, 0.25) is 5.91 Å². The highest BCUT2D eigenvalue weighted by Crippen LogP contribution is 2.26. The van der Waals surface area contributed by atoms with E-state index in [1.165, 1.54) is 0 Å². The number of benzene rings is 2. The van der Waals surface area contributed by atoms with Crippen LogP contribution in [0.5, 0.6) is 5.75 Å². The van der Waals surface area contributed by atoms with E-state index in [0.717, 1.165) is 28.7 Å². The second-order valence-corrected chi connectivity index (χ2v) is 6.70. The van der Waals surface area contributed by atoms with Gasteiger partial charge in [0.1, 0.15) is 5.75 Å². The first-order valence-corrected chi connectivity index (χ1v) is 8.66. The number of aryl methyl sites for hydroxylation is 1. The van der Waals surface area contributed by atoms with E-state index in [1.807, 2.05) is 37.3 Å². The molecular formula is C19H18BrNO3. The van der Waals surface area contributed by atoms with Gasteiger partial charge in [-0.05, 0) is 71.2 Å². The summed E-state index contributed by atoms with van der Waals surface area (Å²) in [7, 11) is 0. The molecule has 0 saturated carbocycles. The van der Waals surface area contributed by atoms with Crippen molar-refractivity contribution in [3.8, 4) is 5.75 Å². The zero-order valence-corrected chi connectivity index (χ0v) is 15.0. The summed E-state index contributed by atoms with van der Waals surface area (Å²) in [4.78, 5) is 25.8. The highest BCUT2D eigenvalue weighted by atomic mass is 79.9. The molecule has 3 rings (SSSR count). The predicted octanol–water partition coefficient (Wildman–Crippen LogP) is 4.15. The molecule has 0 spiro atoms. The number of amides is 1. The van der Waals surface area contributed by atoms with Crippen molar-refractivity contribution in [3.63, 3.8) is 0 Å². The Bertz CT molecular complexity index is 771. The van der Waals surface area contributed by atoms with Gasteiger partial charge in [0.05, 0.1) is 4.47 Å². The van der Waals surface area contributed by atoms with E-state index in [-0.39, 0.29) is 18.3 Å². The topological polar surface area (TPSA) is 46.6 Å². The zero-order valence-electron chi connectivity index (χ0n) is 13.4. The summed E-state index contributed by atoms with van der Waals surface area (Å²) in [6, 6.07) is 12.9. The lowest BCUT2D eigenvalue weighted by atomic mass is 10.1. The monoisotopic (exact) mass is 387 g/mol. The molecule has 2 aromatic rings. The minimum absolute atomic E-state index is 0.0242. The summed E-state index contributed by atoms with van der Waals surface area (Å²) in [5, 5.41) is 0. The van der Waals surface area contributed by atoms with E-state index >= 15 is 0 Å². The number of hydrogen-bond donors (Lipinski definition) is 0. The van der Waals surface area contributed by atoms with Crippen molar-refractivity contribution in [1.82, 2.24) is 0 Å². The van der Waals surface area contributed by atoms with Gasteiger partial charge in [0.15, 0.2) is 12.4 Å². The third-order valence-electron chi connectivity index (χ3n) is 4.02. The number of carbonyl (C=O) groups is 2. The van der Waals surface area contributed by atoms with Gasteiger partial charge in [-0.15, -0.1) is 0 Å². The molecule has 124 valence electrons. The third-order valence-corrected chi connectivity index (χ3v) is 4.64. The molecule has 24 heavy (non-hydrogen) atoms. The first-order chi connectivity index (χ1) is 11.5. The summed E-state index contributed by atoms with van der Waals surface area (Å²) in [5.74, 6) is 0.691. The van der Waals surface area contributed by atoms with Crippen LogP contribution < -0.4 is 9.64 Å². The Hall–Kier alpha value is -2.14. The fourth-order valence-corrected chi connectivity index (χ4v) is 3.31. The van der Waals surface area contributed by atoms with E-state index in [9.17, 15) is 9.59 Å². The number of nitrogens with zero attached hydrogens (tertiary/aromatic N) is 1. The molecule has 1 heterocycles. The van der Waals surface area contributed by atoms with Crippen LogP contribution in [0.2, 0.25) is 0 Å². The van der Waals surface area contributed by atoms with Gasteiger partial charge in [-0.25, -0.2) is 0 Å². The number of hydrogen-bond acceptors (Lipinski definition) is 3. The van der Waals surface area contributed by atoms with Crippen molar-refractivity contribution >= 4 is 33.3 Å². The predicted molar refractivity (Wildman–Crippen MR) is 96.7 cm³/mol. The molecular weight excluding hydrogens is 370 g/mol. The molecule has 1 aliphatic heterocycles. The van der Waals surface area contributed by atoms with Crippen LogP contribution in [-0.2, 0) is 4.79 Å². The Labute approximate surface area is 149 Å². The molecule has 0 aliphatic carbocycles. The van der Waals surface area contributed by atoms with Crippen molar-refractivity contribution in [2.75, 3.05) is 18.1 Å². The van der Waals surface area contributed by atoms with Crippen LogP contribution in [0.4, 0.5) is 5.69 Å². The Kier molecular flexibility index (Phi) is 5.00. The van der Waals surface area contributed by atoms with Crippen LogP contribution in [0.3, 0.4) is 0 Å². The molecule has 1 aliphatic rings. The highest BCUT2D eigenvalue weighted by molar-refractivity contribution is 9.10. The number of anilines is 1. The standard InChI is InChI=1S/C19H18BrNO3/c1-13-4-9-18(16(20)11-13)24-12-17(22)14-5-7-15(8-6-14)21-10-2-3-19(21)23/h4-9,11H,2-3,10,12H2,1H3. The van der Waals surface area contributed by atoms with Crippen LogP contribution in [0, 0.1) is 6.92 Å². The summed E-state index contributed by atoms with van der Waals surface area (Å²) in [5.41, 5.74) is 2.54. The number of rotatable bonds is 5. The Morgan fingerprint density at radius 1 is 1.21 bits per heavy atom. The second-order valence-electron chi connectivity index (χ2n) is 5.84. The van der Waals surface area contributed by atoms with Crippen molar-refractivity contribution < 1.29 is 14.3 Å². The van der Waals surface area contributed by atoms with Crippen LogP contribution in [0.25, 0.3) is 0 Å². The molecule has 1 amide bonds. The maximum Gasteiger partial charge on any atom is 0.227 e. The maximum absolute atomic E-state index is 12.3. The first kappa shape index (κ1) is 16.7. The van der Waals surface area contributed by atoms with E-state index in [1.54, 1.807) is 17.0 Å². The summed E-state index contributed by atoms with van der Waals surface area (Å²) >= 11 is 3.43. The lowest BCUT2D eigenvalue weighted by Crippen LogP contribution is -2.23. The fraction of sp³-hybridized carbons (Fsp3) is 0.263. The van der Waals surface area contributed by atoms with Gasteiger partial charge in [-0.1, -0.05) is 6.07 Å². The number of ketones is 1. The number of halogens is 1. The van der Waals surface area contributed by atoms with Crippen LogP contribution in [0.15, 0.2) is 46.9 Å². The van der Waals surface area contributed by atoms with Gasteiger partial charge in [-0.3, -0.25) is 9.59 Å². The minimum Gasteiger partial charge on any atom is -0.484 e. The van der Waals surface area contributed by atoms with Crippen LogP contribution in [0.1, 0.15) is 28.8 Å². The minimum atomic E-state index is -0.0956. The fourth-order valence-electron chi connectivity index (χ4n) is 2.70. The normalized spacial score (nSPS) is 14.1. The lowest BCUT2D eigenvalue weighted by Gasteiger charge is -2.15. The molecule has 5 heteroatoms. The van der Waals surface area contributed by atoms with Crippen molar-refractivity contribution in [2.24, 2.45) is 0 Å².